The molecule has 1 N–H and O–H groups in total. The lowest BCUT2D eigenvalue weighted by molar-refractivity contribution is -0.928. The number of nitrogens with zero attached hydrogens (tertiary/aromatic N) is 2. The molecule has 6 nitrogen and oxygen atoms in total. The highest BCUT2D eigenvalue weighted by atomic mass is 32.2. The molecular formula is C12H20N3O3S2+. The molecular weight excluding hydrogens is 298 g/mol. The molecule has 0 amide bonds. The lowest BCUT2D eigenvalue weighted by atomic mass is 10.1. The van der Waals surface area contributed by atoms with Crippen molar-refractivity contribution in [1.82, 2.24) is 9.78 Å². The van der Waals surface area contributed by atoms with Crippen LogP contribution in [0.2, 0.25) is 0 Å². The Kier molecular flexibility index (Phi) is 3.96. The monoisotopic (exact) mass is 318 g/mol. The largest absolute Gasteiger partial charge is 0.413 e. The van der Waals surface area contributed by atoms with Crippen LogP contribution in [-0.2, 0) is 16.5 Å². The fraction of sp³-hybridized carbons (Fsp3) is 0.833. The van der Waals surface area contributed by atoms with Crippen LogP contribution in [0.25, 0.3) is 0 Å². The summed E-state index contributed by atoms with van der Waals surface area (Å²) in [7, 11) is -2.92. The summed E-state index contributed by atoms with van der Waals surface area (Å²) in [4.78, 5) is 1.83. The normalized spacial score (nSPS) is 26.9. The van der Waals surface area contributed by atoms with Gasteiger partial charge in [0.15, 0.2) is 16.5 Å². The molecule has 2 aliphatic rings. The van der Waals surface area contributed by atoms with E-state index in [9.17, 15) is 8.42 Å². The second-order valence-electron chi connectivity index (χ2n) is 5.77. The van der Waals surface area contributed by atoms with E-state index in [2.05, 4.69) is 5.10 Å². The van der Waals surface area contributed by atoms with Crippen LogP contribution >= 0.6 is 12.2 Å². The lowest BCUT2D eigenvalue weighted by Gasteiger charge is -2.22. The fourth-order valence-electron chi connectivity index (χ4n) is 3.00. The van der Waals surface area contributed by atoms with Gasteiger partial charge in [-0.05, 0) is 37.9 Å². The van der Waals surface area contributed by atoms with Crippen LogP contribution in [0.5, 0.6) is 0 Å². The van der Waals surface area contributed by atoms with Crippen molar-refractivity contribution in [3.63, 3.8) is 0 Å². The molecule has 0 radical (unpaired) electrons. The van der Waals surface area contributed by atoms with E-state index in [1.165, 1.54) is 24.2 Å². The number of sulfone groups is 1. The highest BCUT2D eigenvalue weighted by Crippen LogP contribution is 2.27. The zero-order valence-electron chi connectivity index (χ0n) is 11.4. The van der Waals surface area contributed by atoms with Crippen molar-refractivity contribution >= 4 is 22.1 Å². The van der Waals surface area contributed by atoms with Crippen molar-refractivity contribution in [2.24, 2.45) is 0 Å². The zero-order chi connectivity index (χ0) is 14.2. The molecule has 3 rings (SSSR count). The van der Waals surface area contributed by atoms with Gasteiger partial charge >= 0.3 is 0 Å². The molecule has 0 spiro atoms. The van der Waals surface area contributed by atoms with E-state index in [0.717, 1.165) is 19.8 Å². The Morgan fingerprint density at radius 3 is 2.75 bits per heavy atom. The lowest BCUT2D eigenvalue weighted by Crippen LogP contribution is -3.12. The Balaban J connectivity index is 1.72. The predicted octanol–water partition coefficient (Wildman–Crippen LogP) is 0.134. The first kappa shape index (κ1) is 14.2. The minimum absolute atomic E-state index is 0.126. The van der Waals surface area contributed by atoms with E-state index in [4.69, 9.17) is 16.6 Å². The average Bonchev–Trinajstić information content (AvgIpc) is 2.95. The first-order chi connectivity index (χ1) is 9.53. The second kappa shape index (κ2) is 5.57. The van der Waals surface area contributed by atoms with Gasteiger partial charge in [-0.3, -0.25) is 0 Å². The molecule has 1 aromatic heterocycles. The molecule has 3 heterocycles. The van der Waals surface area contributed by atoms with Gasteiger partial charge in [-0.15, -0.1) is 5.10 Å². The molecule has 0 aromatic carbocycles. The molecule has 2 saturated heterocycles. The van der Waals surface area contributed by atoms with Gasteiger partial charge in [-0.25, -0.2) is 8.42 Å². The number of rotatable bonds is 3. The van der Waals surface area contributed by atoms with Crippen LogP contribution < -0.4 is 4.90 Å². The maximum absolute atomic E-state index is 11.5. The Morgan fingerprint density at radius 1 is 1.35 bits per heavy atom. The minimum atomic E-state index is -2.92. The highest BCUT2D eigenvalue weighted by molar-refractivity contribution is 7.91. The molecule has 1 aromatic rings. The number of hydrogen-bond donors (Lipinski definition) is 1. The first-order valence-electron chi connectivity index (χ1n) is 7.15. The van der Waals surface area contributed by atoms with Crippen LogP contribution in [0.1, 0.15) is 37.5 Å². The van der Waals surface area contributed by atoms with E-state index >= 15 is 0 Å². The fourth-order valence-corrected chi connectivity index (χ4v) is 4.92. The smallest absolute Gasteiger partial charge is 0.291 e. The van der Waals surface area contributed by atoms with Gasteiger partial charge in [0.05, 0.1) is 30.5 Å². The van der Waals surface area contributed by atoms with Crippen molar-refractivity contribution in [3.05, 3.63) is 10.7 Å². The quantitative estimate of drug-likeness (QED) is 0.803. The summed E-state index contributed by atoms with van der Waals surface area (Å²) in [5, 5.41) is 4.41. The number of piperidine rings is 1. The Hall–Kier alpha value is -0.730. The van der Waals surface area contributed by atoms with Crippen molar-refractivity contribution in [3.8, 4) is 0 Å². The molecule has 20 heavy (non-hydrogen) atoms. The van der Waals surface area contributed by atoms with Crippen molar-refractivity contribution < 1.29 is 17.7 Å². The third kappa shape index (κ3) is 3.12. The van der Waals surface area contributed by atoms with E-state index in [-0.39, 0.29) is 17.4 Å². The summed E-state index contributed by atoms with van der Waals surface area (Å²) in [5.41, 5.74) is 0. The average molecular weight is 318 g/mol. The van der Waals surface area contributed by atoms with Crippen LogP contribution in [0.4, 0.5) is 0 Å². The Morgan fingerprint density at radius 2 is 2.10 bits per heavy atom. The van der Waals surface area contributed by atoms with E-state index in [1.807, 2.05) is 0 Å². The molecule has 0 unspecified atom stereocenters. The van der Waals surface area contributed by atoms with Crippen molar-refractivity contribution in [2.45, 2.75) is 38.3 Å². The first-order valence-corrected chi connectivity index (χ1v) is 9.38. The van der Waals surface area contributed by atoms with Gasteiger partial charge in [0.2, 0.25) is 5.89 Å². The van der Waals surface area contributed by atoms with Gasteiger partial charge in [0, 0.05) is 0 Å². The predicted molar refractivity (Wildman–Crippen MR) is 75.9 cm³/mol. The Bertz CT molecular complexity index is 629. The molecule has 0 aliphatic carbocycles. The highest BCUT2D eigenvalue weighted by Gasteiger charge is 2.33. The number of aromatic nitrogens is 2. The SMILES string of the molecule is O=S1(=O)CC[C@@H](c2nn(C[NH+]3CCCCC3)c(=S)o2)C1. The third-order valence-electron chi connectivity index (χ3n) is 4.14. The van der Waals surface area contributed by atoms with E-state index in [1.54, 1.807) is 4.68 Å². The molecule has 0 saturated carbocycles. The van der Waals surface area contributed by atoms with E-state index < -0.39 is 9.84 Å². The maximum Gasteiger partial charge on any atom is 0.291 e. The van der Waals surface area contributed by atoms with Gasteiger partial charge in [-0.2, -0.15) is 4.68 Å². The third-order valence-corrected chi connectivity index (χ3v) is 6.20. The summed E-state index contributed by atoms with van der Waals surface area (Å²) in [6.45, 7) is 3.01. The van der Waals surface area contributed by atoms with Gasteiger partial charge in [0.25, 0.3) is 4.84 Å². The Labute approximate surface area is 123 Å². The molecule has 1 atom stereocenters. The van der Waals surface area contributed by atoms with Crippen LogP contribution in [-0.4, -0.2) is 42.8 Å². The van der Waals surface area contributed by atoms with Crippen molar-refractivity contribution in [2.75, 3.05) is 24.6 Å². The molecule has 2 fully saturated rings. The number of nitrogens with one attached hydrogen (secondary N) is 1. The summed E-state index contributed by atoms with van der Waals surface area (Å²) in [5.74, 6) is 0.732. The maximum atomic E-state index is 11.5. The molecule has 2 aliphatic heterocycles. The van der Waals surface area contributed by atoms with Crippen LogP contribution in [0.3, 0.4) is 0 Å². The second-order valence-corrected chi connectivity index (χ2v) is 8.35. The van der Waals surface area contributed by atoms with Gasteiger partial charge in [-0.1, -0.05) is 0 Å². The topological polar surface area (TPSA) is 69.5 Å². The van der Waals surface area contributed by atoms with Crippen molar-refractivity contribution in [1.29, 1.82) is 0 Å². The number of likely N-dealkylation sites (tertiary alicyclic amines) is 1. The standard InChI is InChI=1S/C12H19N3O3S2/c16-20(17)7-4-10(8-20)11-13-15(12(19)18-11)9-14-5-2-1-3-6-14/h10H,1-9H2/p+1/t10-/m1/s1. The van der Waals surface area contributed by atoms with Crippen LogP contribution in [0, 0.1) is 4.84 Å². The molecule has 0 bridgehead atoms. The molecule has 8 heteroatoms. The summed E-state index contributed by atoms with van der Waals surface area (Å²) in [6, 6.07) is 0. The van der Waals surface area contributed by atoms with Gasteiger partial charge in [0.1, 0.15) is 0 Å². The van der Waals surface area contributed by atoms with E-state index in [0.29, 0.717) is 17.1 Å². The number of quaternary nitrogens is 1. The molecule has 112 valence electrons. The van der Waals surface area contributed by atoms with Crippen LogP contribution in [0.15, 0.2) is 4.42 Å². The number of hydrogen-bond acceptors (Lipinski definition) is 5. The minimum Gasteiger partial charge on any atom is -0.413 e. The summed E-state index contributed by atoms with van der Waals surface area (Å²) >= 11 is 5.20. The summed E-state index contributed by atoms with van der Waals surface area (Å²) < 4.78 is 30.3. The van der Waals surface area contributed by atoms with Gasteiger partial charge < -0.3 is 9.32 Å². The zero-order valence-corrected chi connectivity index (χ0v) is 13.0. The summed E-state index contributed by atoms with van der Waals surface area (Å²) in [6.07, 6.45) is 4.38.